The number of hydrogen-bond acceptors (Lipinski definition) is 5. The summed E-state index contributed by atoms with van der Waals surface area (Å²) in [6.07, 6.45) is 1.79. The quantitative estimate of drug-likeness (QED) is 0.601. The number of carbonyl (C=O) groups excluding carboxylic acids is 1. The number of carbonyl (C=O) groups is 1. The van der Waals surface area contributed by atoms with Crippen molar-refractivity contribution < 1.29 is 13.2 Å². The van der Waals surface area contributed by atoms with Crippen molar-refractivity contribution in [3.05, 3.63) is 60.8 Å². The largest absolute Gasteiger partial charge is 0.325 e. The average Bonchev–Trinajstić information content (AvgIpc) is 3.02. The highest BCUT2D eigenvalue weighted by molar-refractivity contribution is 8.00. The maximum absolute atomic E-state index is 12.5. The molecular weight excluding hydrogens is 396 g/mol. The lowest BCUT2D eigenvalue weighted by Gasteiger charge is -2.12. The lowest BCUT2D eigenvalue weighted by atomic mass is 10.2. The summed E-state index contributed by atoms with van der Waals surface area (Å²) in [6.45, 7) is 1.79. The van der Waals surface area contributed by atoms with Crippen molar-refractivity contribution in [2.75, 3.05) is 5.32 Å². The molecule has 0 aliphatic heterocycles. The van der Waals surface area contributed by atoms with Crippen LogP contribution < -0.4 is 10.5 Å². The normalized spacial score (nSPS) is 12.5. The van der Waals surface area contributed by atoms with Gasteiger partial charge in [0.25, 0.3) is 0 Å². The van der Waals surface area contributed by atoms with Gasteiger partial charge in [-0.1, -0.05) is 42.1 Å². The predicted octanol–water partition coefficient (Wildman–Crippen LogP) is 2.85. The van der Waals surface area contributed by atoms with Gasteiger partial charge in [0.1, 0.15) is 0 Å². The molecule has 7 nitrogen and oxygen atoms in total. The number of anilines is 1. The molecule has 0 aliphatic rings. The number of rotatable bonds is 6. The van der Waals surface area contributed by atoms with Gasteiger partial charge in [-0.2, -0.15) is 0 Å². The van der Waals surface area contributed by atoms with Crippen LogP contribution >= 0.6 is 11.8 Å². The van der Waals surface area contributed by atoms with Gasteiger partial charge in [0.05, 0.1) is 22.0 Å². The molecule has 0 spiro atoms. The Bertz CT molecular complexity index is 1080. The van der Waals surface area contributed by atoms with Crippen LogP contribution in [0.3, 0.4) is 0 Å². The lowest BCUT2D eigenvalue weighted by molar-refractivity contribution is -0.115. The lowest BCUT2D eigenvalue weighted by Crippen LogP contribution is -2.23. The third-order valence-electron chi connectivity index (χ3n) is 4.12. The SMILES string of the molecule is C[C@@H](Sc1ncc(-c2ccccc2)n1C)C(=O)Nc1ccc(S(N)(=O)=O)cc1. The molecule has 1 amide bonds. The van der Waals surface area contributed by atoms with Crippen molar-refractivity contribution >= 4 is 33.4 Å². The molecule has 1 heterocycles. The molecule has 1 aromatic heterocycles. The second-order valence-electron chi connectivity index (χ2n) is 6.17. The second-order valence-corrected chi connectivity index (χ2v) is 9.04. The Labute approximate surface area is 168 Å². The summed E-state index contributed by atoms with van der Waals surface area (Å²) >= 11 is 1.34. The highest BCUT2D eigenvalue weighted by atomic mass is 32.2. The third-order valence-corrected chi connectivity index (χ3v) is 6.20. The summed E-state index contributed by atoms with van der Waals surface area (Å²) in [6, 6.07) is 15.6. The summed E-state index contributed by atoms with van der Waals surface area (Å²) in [5.41, 5.74) is 2.51. The molecule has 9 heteroatoms. The second kappa shape index (κ2) is 8.17. The number of amides is 1. The molecule has 146 valence electrons. The van der Waals surface area contributed by atoms with E-state index < -0.39 is 15.3 Å². The Balaban J connectivity index is 1.67. The molecule has 0 radical (unpaired) electrons. The van der Waals surface area contributed by atoms with Crippen molar-refractivity contribution in [1.82, 2.24) is 9.55 Å². The van der Waals surface area contributed by atoms with Gasteiger partial charge in [-0.05, 0) is 36.8 Å². The van der Waals surface area contributed by atoms with Crippen molar-refractivity contribution in [3.8, 4) is 11.3 Å². The molecule has 3 N–H and O–H groups in total. The van der Waals surface area contributed by atoms with E-state index in [-0.39, 0.29) is 10.8 Å². The fourth-order valence-corrected chi connectivity index (χ4v) is 3.93. The van der Waals surface area contributed by atoms with Crippen LogP contribution in [0.2, 0.25) is 0 Å². The number of imidazole rings is 1. The van der Waals surface area contributed by atoms with Crippen LogP contribution in [0.4, 0.5) is 5.69 Å². The fraction of sp³-hybridized carbons (Fsp3) is 0.158. The number of sulfonamides is 1. The number of thioether (sulfide) groups is 1. The molecule has 3 rings (SSSR count). The minimum absolute atomic E-state index is 0.00521. The molecule has 0 saturated carbocycles. The maximum atomic E-state index is 12.5. The summed E-state index contributed by atoms with van der Waals surface area (Å²) < 4.78 is 24.5. The third kappa shape index (κ3) is 4.61. The van der Waals surface area contributed by atoms with Gasteiger partial charge >= 0.3 is 0 Å². The Morgan fingerprint density at radius 1 is 1.14 bits per heavy atom. The Morgan fingerprint density at radius 3 is 2.39 bits per heavy atom. The number of nitrogens with one attached hydrogen (secondary N) is 1. The first kappa shape index (κ1) is 20.1. The van der Waals surface area contributed by atoms with Crippen LogP contribution in [0, 0.1) is 0 Å². The summed E-state index contributed by atoms with van der Waals surface area (Å²) in [7, 11) is -1.85. The van der Waals surface area contributed by atoms with Crippen molar-refractivity contribution in [3.63, 3.8) is 0 Å². The molecule has 0 aliphatic carbocycles. The van der Waals surface area contributed by atoms with Gasteiger partial charge in [0.15, 0.2) is 5.16 Å². The number of hydrogen-bond donors (Lipinski definition) is 2. The van der Waals surface area contributed by atoms with Crippen LogP contribution in [0.25, 0.3) is 11.3 Å². The van der Waals surface area contributed by atoms with E-state index in [4.69, 9.17) is 5.14 Å². The monoisotopic (exact) mass is 416 g/mol. The van der Waals surface area contributed by atoms with Gasteiger partial charge in [-0.15, -0.1) is 0 Å². The van der Waals surface area contributed by atoms with E-state index >= 15 is 0 Å². The predicted molar refractivity (Wildman–Crippen MR) is 110 cm³/mol. The van der Waals surface area contributed by atoms with E-state index in [1.165, 1.54) is 36.0 Å². The average molecular weight is 417 g/mol. The zero-order chi connectivity index (χ0) is 20.3. The first-order chi connectivity index (χ1) is 13.3. The van der Waals surface area contributed by atoms with Crippen LogP contribution in [-0.2, 0) is 21.9 Å². The van der Waals surface area contributed by atoms with Crippen LogP contribution in [0.15, 0.2) is 70.8 Å². The van der Waals surface area contributed by atoms with E-state index in [1.54, 1.807) is 13.1 Å². The number of primary sulfonamides is 1. The van der Waals surface area contributed by atoms with E-state index in [1.807, 2.05) is 41.9 Å². The number of nitrogens with two attached hydrogens (primary N) is 1. The van der Waals surface area contributed by atoms with Crippen LogP contribution in [0.5, 0.6) is 0 Å². The Kier molecular flexibility index (Phi) is 5.87. The molecule has 0 saturated heterocycles. The maximum Gasteiger partial charge on any atom is 0.238 e. The molecule has 0 bridgehead atoms. The van der Waals surface area contributed by atoms with Crippen molar-refractivity contribution in [1.29, 1.82) is 0 Å². The first-order valence-electron chi connectivity index (χ1n) is 8.43. The van der Waals surface area contributed by atoms with Gasteiger partial charge < -0.3 is 9.88 Å². The van der Waals surface area contributed by atoms with Gasteiger partial charge in [0.2, 0.25) is 15.9 Å². The summed E-state index contributed by atoms with van der Waals surface area (Å²) in [5.74, 6) is -0.211. The molecule has 28 heavy (non-hydrogen) atoms. The topological polar surface area (TPSA) is 107 Å². The van der Waals surface area contributed by atoms with Gasteiger partial charge in [-0.3, -0.25) is 4.79 Å². The number of benzene rings is 2. The molecule has 3 aromatic rings. The van der Waals surface area contributed by atoms with Gasteiger partial charge in [0, 0.05) is 12.7 Å². The smallest absolute Gasteiger partial charge is 0.238 e. The number of nitrogens with zero attached hydrogens (tertiary/aromatic N) is 2. The van der Waals surface area contributed by atoms with Crippen LogP contribution in [0.1, 0.15) is 6.92 Å². The zero-order valence-corrected chi connectivity index (χ0v) is 17.0. The first-order valence-corrected chi connectivity index (χ1v) is 10.9. The van der Waals surface area contributed by atoms with E-state index in [2.05, 4.69) is 10.3 Å². The van der Waals surface area contributed by atoms with Gasteiger partial charge in [-0.25, -0.2) is 18.5 Å². The molecular formula is C19H20N4O3S2. The zero-order valence-electron chi connectivity index (χ0n) is 15.4. The van der Waals surface area contributed by atoms with Crippen molar-refractivity contribution in [2.24, 2.45) is 12.2 Å². The summed E-state index contributed by atoms with van der Waals surface area (Å²) in [5, 5.41) is 8.17. The highest BCUT2D eigenvalue weighted by Crippen LogP contribution is 2.28. The number of aromatic nitrogens is 2. The summed E-state index contributed by atoms with van der Waals surface area (Å²) in [4.78, 5) is 16.9. The van der Waals surface area contributed by atoms with Crippen molar-refractivity contribution in [2.45, 2.75) is 22.2 Å². The molecule has 0 unspecified atom stereocenters. The van der Waals surface area contributed by atoms with Crippen LogP contribution in [-0.4, -0.2) is 29.1 Å². The standard InChI is InChI=1S/C19H20N4O3S2/c1-13(18(24)22-15-8-10-16(11-9-15)28(20,25)26)27-19-21-12-17(23(19)2)14-6-4-3-5-7-14/h3-13H,1-2H3,(H,22,24)(H2,20,25,26)/t13-/m1/s1. The van der Waals surface area contributed by atoms with E-state index in [9.17, 15) is 13.2 Å². The Hall–Kier alpha value is -2.62. The molecule has 0 fully saturated rings. The Morgan fingerprint density at radius 2 is 1.79 bits per heavy atom. The highest BCUT2D eigenvalue weighted by Gasteiger charge is 2.19. The minimum Gasteiger partial charge on any atom is -0.325 e. The van der Waals surface area contributed by atoms with E-state index in [0.29, 0.717) is 5.69 Å². The van der Waals surface area contributed by atoms with E-state index in [0.717, 1.165) is 16.4 Å². The molecule has 1 atom stereocenters. The minimum atomic E-state index is -3.76. The molecule has 2 aromatic carbocycles. The fourth-order valence-electron chi connectivity index (χ4n) is 2.56.